The van der Waals surface area contributed by atoms with E-state index >= 15 is 0 Å². The van der Waals surface area contributed by atoms with E-state index in [-0.39, 0.29) is 48.6 Å². The summed E-state index contributed by atoms with van der Waals surface area (Å²) in [6.07, 6.45) is 1.07. The lowest BCUT2D eigenvalue weighted by atomic mass is 10.0. The number of aromatic nitrogens is 1. The molecule has 0 saturated heterocycles. The van der Waals surface area contributed by atoms with Crippen LogP contribution >= 0.6 is 11.6 Å². The lowest BCUT2D eigenvalue weighted by molar-refractivity contribution is 0.0695. The van der Waals surface area contributed by atoms with E-state index in [2.05, 4.69) is 5.32 Å². The van der Waals surface area contributed by atoms with Gasteiger partial charge in [-0.1, -0.05) is 44.5 Å². The number of pyridine rings is 1. The number of halogens is 1. The van der Waals surface area contributed by atoms with E-state index in [4.69, 9.17) is 11.6 Å². The van der Waals surface area contributed by atoms with E-state index in [0.717, 1.165) is 5.56 Å². The van der Waals surface area contributed by atoms with Gasteiger partial charge in [0, 0.05) is 31.2 Å². The average Bonchev–Trinajstić information content (AvgIpc) is 3.55. The molecule has 35 heavy (non-hydrogen) atoms. The SMILES string of the molecule is CC(C)(C)CS(=O)(=O)C1(CN2CCn3c(ccc(C(=O)NCc4ccc(Cl)cc4)c3=O)C2=O)CC1. The first-order valence-corrected chi connectivity index (χ1v) is 13.6. The summed E-state index contributed by atoms with van der Waals surface area (Å²) in [5.41, 5.74) is 0.0488. The van der Waals surface area contributed by atoms with Crippen molar-refractivity contribution in [2.75, 3.05) is 18.8 Å². The summed E-state index contributed by atoms with van der Waals surface area (Å²) in [6, 6.07) is 9.82. The van der Waals surface area contributed by atoms with Crippen LogP contribution in [-0.2, 0) is 22.9 Å². The molecule has 2 aromatic rings. The first-order chi connectivity index (χ1) is 16.3. The van der Waals surface area contributed by atoms with Crippen molar-refractivity contribution in [3.63, 3.8) is 0 Å². The van der Waals surface area contributed by atoms with Gasteiger partial charge in [-0.25, -0.2) is 8.42 Å². The number of carbonyl (C=O) groups excluding carboxylic acids is 2. The molecule has 4 rings (SSSR count). The van der Waals surface area contributed by atoms with Gasteiger partial charge in [-0.15, -0.1) is 0 Å². The van der Waals surface area contributed by atoms with E-state index in [1.54, 1.807) is 24.3 Å². The van der Waals surface area contributed by atoms with Crippen LogP contribution in [-0.4, -0.2) is 53.3 Å². The molecule has 10 heteroatoms. The van der Waals surface area contributed by atoms with Gasteiger partial charge in [0.25, 0.3) is 17.4 Å². The molecule has 1 aromatic heterocycles. The zero-order valence-corrected chi connectivity index (χ0v) is 21.7. The Balaban J connectivity index is 1.48. The van der Waals surface area contributed by atoms with Crippen LogP contribution in [0, 0.1) is 5.41 Å². The van der Waals surface area contributed by atoms with Gasteiger partial charge in [-0.2, -0.15) is 0 Å². The maximum absolute atomic E-state index is 13.2. The van der Waals surface area contributed by atoms with Crippen LogP contribution in [0.2, 0.25) is 5.02 Å². The van der Waals surface area contributed by atoms with Gasteiger partial charge in [-0.05, 0) is 48.1 Å². The molecule has 1 aliphatic carbocycles. The van der Waals surface area contributed by atoms with Crippen LogP contribution < -0.4 is 10.9 Å². The molecule has 0 atom stereocenters. The minimum Gasteiger partial charge on any atom is -0.348 e. The largest absolute Gasteiger partial charge is 0.348 e. The lowest BCUT2D eigenvalue weighted by Crippen LogP contribution is -2.50. The third kappa shape index (κ3) is 5.30. The number of carbonyl (C=O) groups is 2. The second-order valence-corrected chi connectivity index (χ2v) is 13.4. The van der Waals surface area contributed by atoms with Crippen LogP contribution in [0.15, 0.2) is 41.2 Å². The molecule has 1 aromatic carbocycles. The first-order valence-electron chi connectivity index (χ1n) is 11.6. The topological polar surface area (TPSA) is 106 Å². The van der Waals surface area contributed by atoms with Crippen LogP contribution in [0.4, 0.5) is 0 Å². The predicted octanol–water partition coefficient (Wildman–Crippen LogP) is 2.88. The molecule has 0 unspecified atom stereocenters. The van der Waals surface area contributed by atoms with E-state index in [0.29, 0.717) is 17.9 Å². The summed E-state index contributed by atoms with van der Waals surface area (Å²) in [5, 5.41) is 3.31. The van der Waals surface area contributed by atoms with Crippen molar-refractivity contribution in [1.29, 1.82) is 0 Å². The molecular formula is C25H30ClN3O5S. The Morgan fingerprint density at radius 3 is 2.31 bits per heavy atom. The van der Waals surface area contributed by atoms with Crippen molar-refractivity contribution in [3.05, 3.63) is 68.6 Å². The second kappa shape index (κ2) is 9.09. The number of benzene rings is 1. The standard InChI is InChI=1S/C25H30ClN3O5S/c1-24(2,3)16-35(33,34)25(10-11-25)15-28-12-13-29-20(23(28)32)9-8-19(22(29)31)21(30)27-14-17-4-6-18(26)7-5-17/h4-9H,10-16H2,1-3H3,(H,27,30). The normalized spacial score (nSPS) is 17.1. The summed E-state index contributed by atoms with van der Waals surface area (Å²) in [4.78, 5) is 40.3. The molecule has 8 nitrogen and oxygen atoms in total. The van der Waals surface area contributed by atoms with Crippen molar-refractivity contribution in [1.82, 2.24) is 14.8 Å². The predicted molar refractivity (Wildman–Crippen MR) is 134 cm³/mol. The molecule has 0 bridgehead atoms. The molecule has 1 fully saturated rings. The Bertz CT molecular complexity index is 1320. The Morgan fingerprint density at radius 2 is 1.71 bits per heavy atom. The zero-order chi connectivity index (χ0) is 25.6. The average molecular weight is 520 g/mol. The number of nitrogens with zero attached hydrogens (tertiary/aromatic N) is 2. The minimum absolute atomic E-state index is 0.0459. The molecule has 2 amide bonds. The number of fused-ring (bicyclic) bond motifs is 1. The Hall–Kier alpha value is -2.65. The van der Waals surface area contributed by atoms with Gasteiger partial charge in [0.1, 0.15) is 11.3 Å². The number of amides is 2. The van der Waals surface area contributed by atoms with E-state index in [1.165, 1.54) is 21.6 Å². The van der Waals surface area contributed by atoms with Crippen LogP contribution in [0.1, 0.15) is 60.0 Å². The smallest absolute Gasteiger partial charge is 0.270 e. The number of rotatable bonds is 7. The van der Waals surface area contributed by atoms with Gasteiger partial charge in [-0.3, -0.25) is 14.4 Å². The lowest BCUT2D eigenvalue weighted by Gasteiger charge is -2.33. The highest BCUT2D eigenvalue weighted by Gasteiger charge is 2.56. The van der Waals surface area contributed by atoms with E-state index < -0.39 is 32.0 Å². The molecule has 2 aliphatic rings. The maximum Gasteiger partial charge on any atom is 0.270 e. The van der Waals surface area contributed by atoms with Crippen LogP contribution in [0.25, 0.3) is 0 Å². The maximum atomic E-state index is 13.2. The number of sulfone groups is 1. The zero-order valence-electron chi connectivity index (χ0n) is 20.1. The molecule has 1 saturated carbocycles. The molecule has 0 spiro atoms. The Kier molecular flexibility index (Phi) is 6.61. The summed E-state index contributed by atoms with van der Waals surface area (Å²) in [6.45, 7) is 6.44. The van der Waals surface area contributed by atoms with Crippen molar-refractivity contribution in [3.8, 4) is 0 Å². The van der Waals surface area contributed by atoms with Crippen LogP contribution in [0.3, 0.4) is 0 Å². The highest BCUT2D eigenvalue weighted by atomic mass is 35.5. The van der Waals surface area contributed by atoms with Crippen LogP contribution in [0.5, 0.6) is 0 Å². The molecular weight excluding hydrogens is 490 g/mol. The summed E-state index contributed by atoms with van der Waals surface area (Å²) in [7, 11) is -3.39. The van der Waals surface area contributed by atoms with Gasteiger partial charge < -0.3 is 14.8 Å². The second-order valence-electron chi connectivity index (χ2n) is 10.6. The quantitative estimate of drug-likeness (QED) is 0.605. The number of hydrogen-bond donors (Lipinski definition) is 1. The highest BCUT2D eigenvalue weighted by Crippen LogP contribution is 2.46. The first kappa shape index (κ1) is 25.4. The van der Waals surface area contributed by atoms with Gasteiger partial charge in [0.05, 0.1) is 10.5 Å². The van der Waals surface area contributed by atoms with Crippen molar-refractivity contribution in [2.24, 2.45) is 5.41 Å². The van der Waals surface area contributed by atoms with Crippen molar-refractivity contribution >= 4 is 33.3 Å². The Morgan fingerprint density at radius 1 is 1.06 bits per heavy atom. The minimum atomic E-state index is -3.39. The summed E-state index contributed by atoms with van der Waals surface area (Å²) in [5.74, 6) is -0.855. The Labute approximate surface area is 210 Å². The van der Waals surface area contributed by atoms with Gasteiger partial charge in [0.2, 0.25) is 0 Å². The molecule has 0 radical (unpaired) electrons. The monoisotopic (exact) mass is 519 g/mol. The number of hydrogen-bond acceptors (Lipinski definition) is 5. The van der Waals surface area contributed by atoms with E-state index in [1.807, 2.05) is 20.8 Å². The summed E-state index contributed by atoms with van der Waals surface area (Å²) < 4.78 is 26.5. The fourth-order valence-corrected chi connectivity index (χ4v) is 7.10. The van der Waals surface area contributed by atoms with Crippen molar-refractivity contribution in [2.45, 2.75) is 51.4 Å². The van der Waals surface area contributed by atoms with Gasteiger partial charge in [0.15, 0.2) is 9.84 Å². The third-order valence-corrected chi connectivity index (χ3v) is 9.81. The molecule has 2 heterocycles. The third-order valence-electron chi connectivity index (χ3n) is 6.45. The molecule has 1 aliphatic heterocycles. The summed E-state index contributed by atoms with van der Waals surface area (Å²) >= 11 is 5.87. The van der Waals surface area contributed by atoms with Gasteiger partial charge >= 0.3 is 0 Å². The van der Waals surface area contributed by atoms with E-state index in [9.17, 15) is 22.8 Å². The number of nitrogens with one attached hydrogen (secondary N) is 1. The fraction of sp³-hybridized carbons (Fsp3) is 0.480. The molecule has 1 N–H and O–H groups in total. The fourth-order valence-electron chi connectivity index (χ4n) is 4.45. The highest BCUT2D eigenvalue weighted by molar-refractivity contribution is 7.93. The molecule has 188 valence electrons. The van der Waals surface area contributed by atoms with Crippen molar-refractivity contribution < 1.29 is 18.0 Å².